The Balaban J connectivity index is 1.78. The Hall–Kier alpha value is -2.28. The highest BCUT2D eigenvalue weighted by Crippen LogP contribution is 2.32. The molecular formula is C14H14N4O2S. The number of fused-ring (bicyclic) bond motifs is 1. The molecule has 0 radical (unpaired) electrons. The average Bonchev–Trinajstić information content (AvgIpc) is 2.98. The molecule has 7 heteroatoms. The molecule has 3 rings (SSSR count). The summed E-state index contributed by atoms with van der Waals surface area (Å²) >= 11 is 1.48. The Morgan fingerprint density at radius 2 is 2.33 bits per heavy atom. The van der Waals surface area contributed by atoms with E-state index in [2.05, 4.69) is 15.3 Å². The van der Waals surface area contributed by atoms with E-state index >= 15 is 0 Å². The Morgan fingerprint density at radius 1 is 1.48 bits per heavy atom. The minimum atomic E-state index is -0.112. The van der Waals surface area contributed by atoms with E-state index in [9.17, 15) is 9.59 Å². The minimum Gasteiger partial charge on any atom is -0.347 e. The van der Waals surface area contributed by atoms with E-state index in [4.69, 9.17) is 0 Å². The van der Waals surface area contributed by atoms with Crippen LogP contribution in [-0.4, -0.2) is 39.5 Å². The highest BCUT2D eigenvalue weighted by molar-refractivity contribution is 8.00. The van der Waals surface area contributed by atoms with Crippen molar-refractivity contribution in [2.24, 2.45) is 0 Å². The van der Waals surface area contributed by atoms with Gasteiger partial charge in [-0.1, -0.05) is 0 Å². The number of nitrogens with one attached hydrogen (secondary N) is 2. The second-order valence-corrected chi connectivity index (χ2v) is 5.76. The van der Waals surface area contributed by atoms with Crippen LogP contribution in [0.15, 0.2) is 35.5 Å². The summed E-state index contributed by atoms with van der Waals surface area (Å²) in [6.07, 6.45) is 3.37. The Bertz CT molecular complexity index is 684. The molecule has 0 aliphatic carbocycles. The Morgan fingerprint density at radius 3 is 3.10 bits per heavy atom. The van der Waals surface area contributed by atoms with Gasteiger partial charge in [-0.2, -0.15) is 0 Å². The van der Waals surface area contributed by atoms with E-state index in [1.165, 1.54) is 11.8 Å². The number of carbonyl (C=O) groups excluding carboxylic acids is 2. The summed E-state index contributed by atoms with van der Waals surface area (Å²) in [5.74, 6) is 0.992. The number of nitrogens with zero attached hydrogens (tertiary/aromatic N) is 2. The fourth-order valence-corrected chi connectivity index (χ4v) is 2.91. The van der Waals surface area contributed by atoms with E-state index in [1.54, 1.807) is 36.5 Å². The highest BCUT2D eigenvalue weighted by atomic mass is 32.2. The number of imidazole rings is 1. The first-order chi connectivity index (χ1) is 10.1. The van der Waals surface area contributed by atoms with Crippen LogP contribution in [0.4, 0.5) is 5.69 Å². The van der Waals surface area contributed by atoms with Crippen LogP contribution < -0.4 is 5.32 Å². The number of H-pyrrole nitrogens is 1. The van der Waals surface area contributed by atoms with E-state index in [0.717, 1.165) is 10.7 Å². The van der Waals surface area contributed by atoms with Crippen LogP contribution in [0.5, 0.6) is 0 Å². The number of thioether (sulfide) groups is 1. The summed E-state index contributed by atoms with van der Waals surface area (Å²) in [5.41, 5.74) is 1.25. The predicted octanol–water partition coefficient (Wildman–Crippen LogP) is 1.73. The molecule has 21 heavy (non-hydrogen) atoms. The molecule has 108 valence electrons. The van der Waals surface area contributed by atoms with E-state index < -0.39 is 0 Å². The second kappa shape index (κ2) is 5.61. The Labute approximate surface area is 125 Å². The van der Waals surface area contributed by atoms with Crippen molar-refractivity contribution >= 4 is 29.3 Å². The summed E-state index contributed by atoms with van der Waals surface area (Å²) in [6.45, 7) is 0.407. The van der Waals surface area contributed by atoms with Crippen molar-refractivity contribution in [2.45, 2.75) is 11.4 Å². The monoisotopic (exact) mass is 302 g/mol. The number of hydrogen-bond acceptors (Lipinski definition) is 4. The normalized spacial score (nSPS) is 13.5. The number of aromatic amines is 1. The van der Waals surface area contributed by atoms with E-state index in [-0.39, 0.29) is 11.8 Å². The molecule has 1 aromatic carbocycles. The number of amides is 2. The summed E-state index contributed by atoms with van der Waals surface area (Å²) < 4.78 is 0. The van der Waals surface area contributed by atoms with Gasteiger partial charge in [0.25, 0.3) is 5.91 Å². The lowest BCUT2D eigenvalue weighted by Gasteiger charge is -2.19. The number of benzene rings is 1. The number of rotatable bonds is 3. The SMILES string of the molecule is CN(Cc1ncc[nH]1)C(=O)c1ccc2c(c1)NC(=O)CS2. The maximum absolute atomic E-state index is 12.4. The molecule has 0 unspecified atom stereocenters. The molecule has 2 heterocycles. The highest BCUT2D eigenvalue weighted by Gasteiger charge is 2.19. The lowest BCUT2D eigenvalue weighted by molar-refractivity contribution is -0.113. The molecule has 0 bridgehead atoms. The maximum atomic E-state index is 12.4. The van der Waals surface area contributed by atoms with Crippen LogP contribution in [0.3, 0.4) is 0 Å². The van der Waals surface area contributed by atoms with Crippen LogP contribution in [-0.2, 0) is 11.3 Å². The summed E-state index contributed by atoms with van der Waals surface area (Å²) in [5, 5.41) is 2.79. The topological polar surface area (TPSA) is 78.1 Å². The molecule has 0 saturated heterocycles. The second-order valence-electron chi connectivity index (χ2n) is 4.74. The molecular weight excluding hydrogens is 288 g/mol. The van der Waals surface area contributed by atoms with Gasteiger partial charge in [0.05, 0.1) is 18.0 Å². The maximum Gasteiger partial charge on any atom is 0.254 e. The molecule has 1 aromatic heterocycles. The fourth-order valence-electron chi connectivity index (χ4n) is 2.12. The van der Waals surface area contributed by atoms with E-state index in [0.29, 0.717) is 23.5 Å². The zero-order valence-electron chi connectivity index (χ0n) is 11.4. The third-order valence-corrected chi connectivity index (χ3v) is 4.22. The van der Waals surface area contributed by atoms with Gasteiger partial charge in [0.2, 0.25) is 5.91 Å². The number of aromatic nitrogens is 2. The molecule has 2 N–H and O–H groups in total. The van der Waals surface area contributed by atoms with Crippen molar-refractivity contribution in [1.82, 2.24) is 14.9 Å². The van der Waals surface area contributed by atoms with Gasteiger partial charge in [-0.25, -0.2) is 4.98 Å². The zero-order valence-corrected chi connectivity index (χ0v) is 12.2. The van der Waals surface area contributed by atoms with Crippen LogP contribution in [0.2, 0.25) is 0 Å². The molecule has 0 atom stereocenters. The zero-order chi connectivity index (χ0) is 14.8. The summed E-state index contributed by atoms with van der Waals surface area (Å²) in [7, 11) is 1.72. The van der Waals surface area contributed by atoms with Crippen molar-refractivity contribution in [3.63, 3.8) is 0 Å². The van der Waals surface area contributed by atoms with Crippen LogP contribution in [0, 0.1) is 0 Å². The fraction of sp³-hybridized carbons (Fsp3) is 0.214. The van der Waals surface area contributed by atoms with Gasteiger partial charge >= 0.3 is 0 Å². The first-order valence-corrected chi connectivity index (χ1v) is 7.42. The summed E-state index contributed by atoms with van der Waals surface area (Å²) in [4.78, 5) is 33.5. The number of hydrogen-bond donors (Lipinski definition) is 2. The Kier molecular flexibility index (Phi) is 3.66. The van der Waals surface area contributed by atoms with Crippen molar-refractivity contribution in [2.75, 3.05) is 18.1 Å². The third-order valence-electron chi connectivity index (χ3n) is 3.15. The first-order valence-electron chi connectivity index (χ1n) is 6.44. The van der Waals surface area contributed by atoms with Gasteiger partial charge in [0.1, 0.15) is 5.82 Å². The lowest BCUT2D eigenvalue weighted by atomic mass is 10.1. The number of anilines is 1. The molecule has 2 amide bonds. The standard InChI is InChI=1S/C14H14N4O2S/c1-18(7-12-15-4-5-16-12)14(20)9-2-3-11-10(6-9)17-13(19)8-21-11/h2-6H,7-8H2,1H3,(H,15,16)(H,17,19). The van der Waals surface area contributed by atoms with E-state index in [1.807, 2.05) is 6.07 Å². The molecule has 0 saturated carbocycles. The molecule has 0 spiro atoms. The molecule has 1 aliphatic heterocycles. The van der Waals surface area contributed by atoms with Gasteiger partial charge in [-0.15, -0.1) is 11.8 Å². The van der Waals surface area contributed by atoms with Crippen LogP contribution in [0.1, 0.15) is 16.2 Å². The number of carbonyl (C=O) groups is 2. The smallest absolute Gasteiger partial charge is 0.254 e. The largest absolute Gasteiger partial charge is 0.347 e. The van der Waals surface area contributed by atoms with Gasteiger partial charge in [0.15, 0.2) is 0 Å². The van der Waals surface area contributed by atoms with Crippen molar-refractivity contribution in [3.05, 3.63) is 42.0 Å². The first kappa shape index (κ1) is 13.7. The molecule has 6 nitrogen and oxygen atoms in total. The van der Waals surface area contributed by atoms with Gasteiger partial charge in [-0.3, -0.25) is 9.59 Å². The third kappa shape index (κ3) is 2.92. The summed E-state index contributed by atoms with van der Waals surface area (Å²) in [6, 6.07) is 5.37. The van der Waals surface area contributed by atoms with Gasteiger partial charge < -0.3 is 15.2 Å². The van der Waals surface area contributed by atoms with Crippen LogP contribution in [0.25, 0.3) is 0 Å². The van der Waals surface area contributed by atoms with Gasteiger partial charge in [-0.05, 0) is 18.2 Å². The van der Waals surface area contributed by atoms with Crippen LogP contribution >= 0.6 is 11.8 Å². The molecule has 0 fully saturated rings. The quantitative estimate of drug-likeness (QED) is 0.905. The van der Waals surface area contributed by atoms with Crippen molar-refractivity contribution in [3.8, 4) is 0 Å². The molecule has 2 aromatic rings. The van der Waals surface area contributed by atoms with Crippen molar-refractivity contribution in [1.29, 1.82) is 0 Å². The predicted molar refractivity (Wildman–Crippen MR) is 80.2 cm³/mol. The van der Waals surface area contributed by atoms with Gasteiger partial charge in [0, 0.05) is 29.9 Å². The minimum absolute atomic E-state index is 0.0407. The molecule has 1 aliphatic rings. The van der Waals surface area contributed by atoms with Crippen molar-refractivity contribution < 1.29 is 9.59 Å². The lowest BCUT2D eigenvalue weighted by Crippen LogP contribution is -2.27. The average molecular weight is 302 g/mol.